The van der Waals surface area contributed by atoms with Gasteiger partial charge in [-0.3, -0.25) is 0 Å². The third-order valence-electron chi connectivity index (χ3n) is 3.76. The van der Waals surface area contributed by atoms with Crippen molar-refractivity contribution in [1.29, 1.82) is 0 Å². The van der Waals surface area contributed by atoms with E-state index in [0.717, 1.165) is 19.3 Å². The number of benzene rings is 1. The molecule has 0 aliphatic heterocycles. The molecule has 0 amide bonds. The van der Waals surface area contributed by atoms with Gasteiger partial charge in [-0.05, 0) is 37.7 Å². The molecule has 0 spiro atoms. The highest BCUT2D eigenvalue weighted by Crippen LogP contribution is 2.07. The summed E-state index contributed by atoms with van der Waals surface area (Å²) >= 11 is 0. The molecule has 1 aromatic rings. The first-order valence-corrected chi connectivity index (χ1v) is 8.77. The number of hydrogen-bond donors (Lipinski definition) is 1. The smallest absolute Gasteiger partial charge is 0.0716 e. The Morgan fingerprint density at radius 1 is 1.00 bits per heavy atom. The zero-order valence-corrected chi connectivity index (χ0v) is 14.0. The molecule has 1 rings (SSSR count). The fraction of sp³-hybridized carbons (Fsp3) is 0.600. The van der Waals surface area contributed by atoms with Crippen LogP contribution < -0.4 is 0 Å². The van der Waals surface area contributed by atoms with Crippen LogP contribution in [0.3, 0.4) is 0 Å². The minimum absolute atomic E-state index is 0.250. The minimum atomic E-state index is -0.250. The van der Waals surface area contributed by atoms with Crippen LogP contribution in [0.1, 0.15) is 63.9 Å². The maximum atomic E-state index is 9.91. The third kappa shape index (κ3) is 10.6. The second-order valence-corrected chi connectivity index (χ2v) is 5.88. The van der Waals surface area contributed by atoms with Gasteiger partial charge < -0.3 is 9.84 Å². The zero-order chi connectivity index (χ0) is 15.9. The Morgan fingerprint density at radius 2 is 1.77 bits per heavy atom. The Balaban J connectivity index is 1.93. The molecule has 0 saturated heterocycles. The molecule has 0 saturated carbocycles. The van der Waals surface area contributed by atoms with E-state index in [1.54, 1.807) is 0 Å². The van der Waals surface area contributed by atoms with E-state index in [-0.39, 0.29) is 6.10 Å². The summed E-state index contributed by atoms with van der Waals surface area (Å²) in [7, 11) is 0. The zero-order valence-electron chi connectivity index (χ0n) is 14.0. The normalized spacial score (nSPS) is 12.8. The van der Waals surface area contributed by atoms with Crippen LogP contribution in [-0.4, -0.2) is 17.8 Å². The summed E-state index contributed by atoms with van der Waals surface area (Å²) in [5.41, 5.74) is 1.18. The molecule has 0 aliphatic rings. The molecule has 0 heterocycles. The van der Waals surface area contributed by atoms with Gasteiger partial charge >= 0.3 is 0 Å². The lowest BCUT2D eigenvalue weighted by Gasteiger charge is -2.09. The van der Waals surface area contributed by atoms with Gasteiger partial charge in [-0.15, -0.1) is 0 Å². The number of aliphatic hydroxyl groups is 1. The van der Waals surface area contributed by atoms with Crippen LogP contribution in [-0.2, 0) is 11.3 Å². The van der Waals surface area contributed by atoms with Gasteiger partial charge in [0, 0.05) is 6.61 Å². The predicted octanol–water partition coefficient (Wildman–Crippen LogP) is 5.26. The second kappa shape index (κ2) is 13.5. The summed E-state index contributed by atoms with van der Waals surface area (Å²) in [6, 6.07) is 10.2. The van der Waals surface area contributed by atoms with E-state index in [9.17, 15) is 5.11 Å². The standard InChI is InChI=1S/C20H32O2/c1-2-3-4-5-6-7-8-12-15-20(21)16-17-22-18-19-13-10-9-11-14-19/h7-11,13-14,20-21H,2-6,12,15-18H2,1H3. The highest BCUT2D eigenvalue weighted by Gasteiger charge is 2.02. The van der Waals surface area contributed by atoms with E-state index >= 15 is 0 Å². The first-order chi connectivity index (χ1) is 10.8. The van der Waals surface area contributed by atoms with Crippen molar-refractivity contribution in [3.63, 3.8) is 0 Å². The van der Waals surface area contributed by atoms with Crippen LogP contribution in [0.4, 0.5) is 0 Å². The Bertz CT molecular complexity index is 373. The molecule has 0 radical (unpaired) electrons. The van der Waals surface area contributed by atoms with Crippen molar-refractivity contribution in [3.05, 3.63) is 48.0 Å². The Hall–Kier alpha value is -1.12. The summed E-state index contributed by atoms with van der Waals surface area (Å²) in [6.07, 6.45) is 13.2. The van der Waals surface area contributed by atoms with Gasteiger partial charge in [0.25, 0.3) is 0 Å². The number of aliphatic hydroxyl groups excluding tert-OH is 1. The Kier molecular flexibility index (Phi) is 11.6. The van der Waals surface area contributed by atoms with Crippen LogP contribution in [0.2, 0.25) is 0 Å². The molecule has 0 bridgehead atoms. The number of allylic oxidation sites excluding steroid dienone is 2. The van der Waals surface area contributed by atoms with Crippen LogP contribution in [0.5, 0.6) is 0 Å². The summed E-state index contributed by atoms with van der Waals surface area (Å²) in [5.74, 6) is 0. The van der Waals surface area contributed by atoms with Gasteiger partial charge in [-0.2, -0.15) is 0 Å². The number of hydrogen-bond acceptors (Lipinski definition) is 2. The van der Waals surface area contributed by atoms with Crippen molar-refractivity contribution in [2.75, 3.05) is 6.61 Å². The van der Waals surface area contributed by atoms with E-state index < -0.39 is 0 Å². The summed E-state index contributed by atoms with van der Waals surface area (Å²) in [5, 5.41) is 9.91. The fourth-order valence-electron chi connectivity index (χ4n) is 2.34. The SMILES string of the molecule is CCCCCCC=CCCC(O)CCOCc1ccccc1. The molecule has 2 heteroatoms. The molecule has 1 N–H and O–H groups in total. The topological polar surface area (TPSA) is 29.5 Å². The Labute approximate surface area is 136 Å². The van der Waals surface area contributed by atoms with Crippen molar-refractivity contribution < 1.29 is 9.84 Å². The van der Waals surface area contributed by atoms with Crippen molar-refractivity contribution in [1.82, 2.24) is 0 Å². The number of unbranched alkanes of at least 4 members (excludes halogenated alkanes) is 4. The predicted molar refractivity (Wildman–Crippen MR) is 93.9 cm³/mol. The maximum Gasteiger partial charge on any atom is 0.0716 e. The molecular formula is C20H32O2. The van der Waals surface area contributed by atoms with Crippen molar-refractivity contribution in [2.24, 2.45) is 0 Å². The van der Waals surface area contributed by atoms with Crippen molar-refractivity contribution >= 4 is 0 Å². The molecular weight excluding hydrogens is 272 g/mol. The van der Waals surface area contributed by atoms with E-state index in [1.807, 2.05) is 18.2 Å². The number of rotatable bonds is 13. The van der Waals surface area contributed by atoms with Gasteiger partial charge in [0.2, 0.25) is 0 Å². The molecule has 2 nitrogen and oxygen atoms in total. The van der Waals surface area contributed by atoms with Gasteiger partial charge in [-0.1, -0.05) is 68.7 Å². The minimum Gasteiger partial charge on any atom is -0.393 e. The first-order valence-electron chi connectivity index (χ1n) is 8.77. The largest absolute Gasteiger partial charge is 0.393 e. The lowest BCUT2D eigenvalue weighted by atomic mass is 10.1. The molecule has 1 atom stereocenters. The summed E-state index contributed by atoms with van der Waals surface area (Å²) in [6.45, 7) is 3.49. The number of ether oxygens (including phenoxy) is 1. The van der Waals surface area contributed by atoms with Gasteiger partial charge in [0.1, 0.15) is 0 Å². The van der Waals surface area contributed by atoms with Gasteiger partial charge in [0.05, 0.1) is 12.7 Å². The molecule has 1 aromatic carbocycles. The Morgan fingerprint density at radius 3 is 2.55 bits per heavy atom. The quantitative estimate of drug-likeness (QED) is 0.398. The van der Waals surface area contributed by atoms with Crippen LogP contribution in [0, 0.1) is 0 Å². The third-order valence-corrected chi connectivity index (χ3v) is 3.76. The van der Waals surface area contributed by atoms with Gasteiger partial charge in [-0.25, -0.2) is 0 Å². The second-order valence-electron chi connectivity index (χ2n) is 5.88. The van der Waals surface area contributed by atoms with Crippen LogP contribution in [0.25, 0.3) is 0 Å². The first kappa shape index (κ1) is 18.9. The lowest BCUT2D eigenvalue weighted by Crippen LogP contribution is -2.10. The molecule has 1 unspecified atom stereocenters. The van der Waals surface area contributed by atoms with Crippen LogP contribution in [0.15, 0.2) is 42.5 Å². The average molecular weight is 304 g/mol. The van der Waals surface area contributed by atoms with E-state index in [1.165, 1.54) is 37.7 Å². The fourth-order valence-corrected chi connectivity index (χ4v) is 2.34. The highest BCUT2D eigenvalue weighted by molar-refractivity contribution is 5.13. The van der Waals surface area contributed by atoms with E-state index in [2.05, 4.69) is 31.2 Å². The molecule has 124 valence electrons. The van der Waals surface area contributed by atoms with E-state index in [4.69, 9.17) is 4.74 Å². The molecule has 0 aliphatic carbocycles. The van der Waals surface area contributed by atoms with Crippen molar-refractivity contribution in [2.45, 2.75) is 71.0 Å². The molecule has 0 fully saturated rings. The average Bonchev–Trinajstić information content (AvgIpc) is 2.55. The van der Waals surface area contributed by atoms with E-state index in [0.29, 0.717) is 13.2 Å². The molecule has 22 heavy (non-hydrogen) atoms. The monoisotopic (exact) mass is 304 g/mol. The van der Waals surface area contributed by atoms with Gasteiger partial charge in [0.15, 0.2) is 0 Å². The maximum absolute atomic E-state index is 9.91. The summed E-state index contributed by atoms with van der Waals surface area (Å²) < 4.78 is 5.59. The lowest BCUT2D eigenvalue weighted by molar-refractivity contribution is 0.0705. The summed E-state index contributed by atoms with van der Waals surface area (Å²) in [4.78, 5) is 0. The molecule has 0 aromatic heterocycles. The van der Waals surface area contributed by atoms with Crippen molar-refractivity contribution in [3.8, 4) is 0 Å². The van der Waals surface area contributed by atoms with Crippen LogP contribution >= 0.6 is 0 Å². The highest BCUT2D eigenvalue weighted by atomic mass is 16.5.